The van der Waals surface area contributed by atoms with Gasteiger partial charge >= 0.3 is 6.03 Å². The molecule has 1 saturated carbocycles. The van der Waals surface area contributed by atoms with Gasteiger partial charge < -0.3 is 15.2 Å². The first-order valence-corrected chi connectivity index (χ1v) is 6.78. The number of nitrogens with one attached hydrogen (secondary N) is 2. The van der Waals surface area contributed by atoms with Gasteiger partial charge in [-0.2, -0.15) is 0 Å². The number of carbonyl (C=O) groups excluding carboxylic acids is 1. The molecule has 2 amide bonds. The van der Waals surface area contributed by atoms with Gasteiger partial charge in [-0.25, -0.2) is 9.78 Å². The fraction of sp³-hybridized carbons (Fsp3) is 0.692. The lowest BCUT2D eigenvalue weighted by atomic mass is 9.96. The van der Waals surface area contributed by atoms with E-state index in [1.165, 1.54) is 19.3 Å². The first-order valence-electron chi connectivity index (χ1n) is 6.78. The minimum Gasteiger partial charge on any atom is -0.336 e. The molecular weight excluding hydrogens is 228 g/mol. The van der Waals surface area contributed by atoms with E-state index in [0.717, 1.165) is 25.2 Å². The molecule has 1 aromatic rings. The van der Waals surface area contributed by atoms with E-state index >= 15 is 0 Å². The predicted molar refractivity (Wildman–Crippen MR) is 70.4 cm³/mol. The lowest BCUT2D eigenvalue weighted by Gasteiger charge is -2.22. The highest BCUT2D eigenvalue weighted by Gasteiger charge is 2.14. The number of hydrogen-bond acceptors (Lipinski definition) is 2. The normalized spacial score (nSPS) is 16.5. The van der Waals surface area contributed by atoms with Crippen molar-refractivity contribution in [3.8, 4) is 0 Å². The van der Waals surface area contributed by atoms with Gasteiger partial charge in [-0.1, -0.05) is 19.3 Å². The smallest absolute Gasteiger partial charge is 0.315 e. The molecule has 2 N–H and O–H groups in total. The molecule has 100 valence electrons. The Hall–Kier alpha value is -1.52. The van der Waals surface area contributed by atoms with Crippen LogP contribution in [0, 0.1) is 6.92 Å². The van der Waals surface area contributed by atoms with Crippen LogP contribution in [-0.2, 0) is 6.54 Å². The average molecular weight is 250 g/mol. The van der Waals surface area contributed by atoms with Gasteiger partial charge in [-0.15, -0.1) is 0 Å². The van der Waals surface area contributed by atoms with E-state index in [1.54, 1.807) is 6.20 Å². The molecule has 1 heterocycles. The van der Waals surface area contributed by atoms with E-state index < -0.39 is 0 Å². The molecule has 0 saturated heterocycles. The first kappa shape index (κ1) is 12.9. The molecule has 5 heteroatoms. The fourth-order valence-corrected chi connectivity index (χ4v) is 2.41. The summed E-state index contributed by atoms with van der Waals surface area (Å²) in [4.78, 5) is 15.8. The number of urea groups is 1. The van der Waals surface area contributed by atoms with Gasteiger partial charge in [0, 0.05) is 31.5 Å². The lowest BCUT2D eigenvalue weighted by molar-refractivity contribution is 0.232. The Labute approximate surface area is 108 Å². The quantitative estimate of drug-likeness (QED) is 0.856. The van der Waals surface area contributed by atoms with Crippen molar-refractivity contribution in [3.05, 3.63) is 18.2 Å². The molecule has 0 spiro atoms. The first-order chi connectivity index (χ1) is 8.75. The number of imidazole rings is 1. The number of hydrogen-bond donors (Lipinski definition) is 2. The van der Waals surface area contributed by atoms with Gasteiger partial charge in [-0.05, 0) is 19.8 Å². The number of carbonyl (C=O) groups is 1. The van der Waals surface area contributed by atoms with Crippen LogP contribution < -0.4 is 10.6 Å². The lowest BCUT2D eigenvalue weighted by Crippen LogP contribution is -2.43. The van der Waals surface area contributed by atoms with Crippen LogP contribution in [0.4, 0.5) is 4.79 Å². The van der Waals surface area contributed by atoms with Crippen LogP contribution in [-0.4, -0.2) is 28.2 Å². The topological polar surface area (TPSA) is 59.0 Å². The van der Waals surface area contributed by atoms with E-state index in [9.17, 15) is 4.79 Å². The Balaban J connectivity index is 1.64. The monoisotopic (exact) mass is 250 g/mol. The summed E-state index contributed by atoms with van der Waals surface area (Å²) in [5, 5.41) is 5.94. The Bertz CT molecular complexity index is 382. The second-order valence-corrected chi connectivity index (χ2v) is 4.90. The van der Waals surface area contributed by atoms with Crippen molar-refractivity contribution in [3.63, 3.8) is 0 Å². The highest BCUT2D eigenvalue weighted by Crippen LogP contribution is 2.16. The Kier molecular flexibility index (Phi) is 4.61. The van der Waals surface area contributed by atoms with E-state index in [-0.39, 0.29) is 6.03 Å². The van der Waals surface area contributed by atoms with Crippen molar-refractivity contribution in [2.24, 2.45) is 0 Å². The second-order valence-electron chi connectivity index (χ2n) is 4.90. The Morgan fingerprint density at radius 2 is 2.22 bits per heavy atom. The van der Waals surface area contributed by atoms with Crippen LogP contribution >= 0.6 is 0 Å². The van der Waals surface area contributed by atoms with Crippen molar-refractivity contribution in [2.75, 3.05) is 6.54 Å². The van der Waals surface area contributed by atoms with E-state index in [1.807, 2.05) is 17.7 Å². The summed E-state index contributed by atoms with van der Waals surface area (Å²) < 4.78 is 2.03. The van der Waals surface area contributed by atoms with Crippen LogP contribution in [0.5, 0.6) is 0 Å². The van der Waals surface area contributed by atoms with E-state index in [2.05, 4.69) is 15.6 Å². The highest BCUT2D eigenvalue weighted by molar-refractivity contribution is 5.74. The molecule has 0 aliphatic heterocycles. The zero-order chi connectivity index (χ0) is 12.8. The number of amides is 2. The summed E-state index contributed by atoms with van der Waals surface area (Å²) in [5.74, 6) is 0.976. The van der Waals surface area contributed by atoms with Crippen molar-refractivity contribution in [2.45, 2.75) is 51.6 Å². The molecule has 5 nitrogen and oxygen atoms in total. The molecular formula is C13H22N4O. The van der Waals surface area contributed by atoms with Gasteiger partial charge in [0.15, 0.2) is 0 Å². The van der Waals surface area contributed by atoms with Gasteiger partial charge in [0.25, 0.3) is 0 Å². The largest absolute Gasteiger partial charge is 0.336 e. The summed E-state index contributed by atoms with van der Waals surface area (Å²) in [7, 11) is 0. The van der Waals surface area contributed by atoms with Crippen molar-refractivity contribution < 1.29 is 4.79 Å². The average Bonchev–Trinajstić information content (AvgIpc) is 2.76. The maximum Gasteiger partial charge on any atom is 0.315 e. The Morgan fingerprint density at radius 3 is 2.89 bits per heavy atom. The predicted octanol–water partition coefficient (Wildman–Crippen LogP) is 1.82. The zero-order valence-corrected chi connectivity index (χ0v) is 11.0. The summed E-state index contributed by atoms with van der Waals surface area (Å²) in [6.45, 7) is 3.36. The molecule has 0 aromatic carbocycles. The molecule has 1 aliphatic rings. The van der Waals surface area contributed by atoms with Crippen molar-refractivity contribution >= 4 is 6.03 Å². The zero-order valence-electron chi connectivity index (χ0n) is 11.0. The van der Waals surface area contributed by atoms with Crippen molar-refractivity contribution in [1.82, 2.24) is 20.2 Å². The summed E-state index contributed by atoms with van der Waals surface area (Å²) in [6, 6.07) is 0.327. The highest BCUT2D eigenvalue weighted by atomic mass is 16.2. The summed E-state index contributed by atoms with van der Waals surface area (Å²) in [5.41, 5.74) is 0. The molecule has 1 fully saturated rings. The molecule has 0 bridgehead atoms. The molecule has 2 rings (SSSR count). The third-order valence-corrected chi connectivity index (χ3v) is 3.50. The number of rotatable bonds is 4. The molecule has 0 radical (unpaired) electrons. The van der Waals surface area contributed by atoms with Crippen LogP contribution in [0.15, 0.2) is 12.4 Å². The standard InChI is InChI=1S/C13H22N4O/c1-11-14-7-9-17(11)10-8-15-13(18)16-12-5-3-2-4-6-12/h7,9,12H,2-6,8,10H2,1H3,(H2,15,16,18). The number of aromatic nitrogens is 2. The maximum atomic E-state index is 11.7. The third kappa shape index (κ3) is 3.75. The van der Waals surface area contributed by atoms with Gasteiger partial charge in [0.1, 0.15) is 5.82 Å². The molecule has 1 aromatic heterocycles. The Morgan fingerprint density at radius 1 is 1.44 bits per heavy atom. The number of aryl methyl sites for hydroxylation is 1. The van der Waals surface area contributed by atoms with Crippen LogP contribution in [0.1, 0.15) is 37.9 Å². The fourth-order valence-electron chi connectivity index (χ4n) is 2.41. The van der Waals surface area contributed by atoms with Gasteiger partial charge in [-0.3, -0.25) is 0 Å². The van der Waals surface area contributed by atoms with Crippen LogP contribution in [0.3, 0.4) is 0 Å². The maximum absolute atomic E-state index is 11.7. The second kappa shape index (κ2) is 6.42. The van der Waals surface area contributed by atoms with Gasteiger partial charge in [0.05, 0.1) is 0 Å². The minimum atomic E-state index is -0.0420. The molecule has 0 atom stereocenters. The molecule has 18 heavy (non-hydrogen) atoms. The molecule has 1 aliphatic carbocycles. The summed E-state index contributed by atoms with van der Waals surface area (Å²) >= 11 is 0. The number of nitrogens with zero attached hydrogens (tertiary/aromatic N) is 2. The van der Waals surface area contributed by atoms with Gasteiger partial charge in [0.2, 0.25) is 0 Å². The van der Waals surface area contributed by atoms with Crippen molar-refractivity contribution in [1.29, 1.82) is 0 Å². The SMILES string of the molecule is Cc1nccn1CCNC(=O)NC1CCCCC1. The summed E-state index contributed by atoms with van der Waals surface area (Å²) in [6.07, 6.45) is 9.72. The van der Waals surface area contributed by atoms with Crippen LogP contribution in [0.2, 0.25) is 0 Å². The molecule has 0 unspecified atom stereocenters. The van der Waals surface area contributed by atoms with E-state index in [4.69, 9.17) is 0 Å². The minimum absolute atomic E-state index is 0.0420. The third-order valence-electron chi connectivity index (χ3n) is 3.50. The van der Waals surface area contributed by atoms with Crippen LogP contribution in [0.25, 0.3) is 0 Å². The van der Waals surface area contributed by atoms with E-state index in [0.29, 0.717) is 12.6 Å².